The van der Waals surface area contributed by atoms with Gasteiger partial charge in [-0.05, 0) is 31.9 Å². The Balaban J connectivity index is 2.13. The fourth-order valence-electron chi connectivity index (χ4n) is 2.38. The molecule has 1 unspecified atom stereocenters. The molecule has 6 heteroatoms. The first-order chi connectivity index (χ1) is 9.52. The highest BCUT2D eigenvalue weighted by Crippen LogP contribution is 2.24. The van der Waals surface area contributed by atoms with Crippen LogP contribution in [0.25, 0.3) is 0 Å². The highest BCUT2D eigenvalue weighted by molar-refractivity contribution is 5.94. The molecule has 1 aliphatic heterocycles. The highest BCUT2D eigenvalue weighted by Gasteiger charge is 2.25. The zero-order valence-electron chi connectivity index (χ0n) is 11.5. The number of aromatic carboxylic acids is 1. The van der Waals surface area contributed by atoms with Crippen LogP contribution in [-0.4, -0.2) is 41.7 Å². The van der Waals surface area contributed by atoms with Crippen molar-refractivity contribution >= 4 is 17.7 Å². The lowest BCUT2D eigenvalue weighted by molar-refractivity contribution is 0.0693. The molecule has 0 bridgehead atoms. The molecule has 0 spiro atoms. The predicted molar refractivity (Wildman–Crippen MR) is 74.4 cm³/mol. The minimum atomic E-state index is -1.06. The van der Waals surface area contributed by atoms with E-state index in [-0.39, 0.29) is 23.4 Å². The molecule has 2 amide bonds. The van der Waals surface area contributed by atoms with Gasteiger partial charge in [-0.2, -0.15) is 0 Å². The van der Waals surface area contributed by atoms with E-state index in [9.17, 15) is 9.59 Å². The molecule has 1 saturated heterocycles. The number of ether oxygens (including phenoxy) is 1. The summed E-state index contributed by atoms with van der Waals surface area (Å²) >= 11 is 0. The van der Waals surface area contributed by atoms with Crippen LogP contribution in [0.4, 0.5) is 10.5 Å². The molecular formula is C14H18N2O4. The molecule has 1 aromatic rings. The minimum absolute atomic E-state index is 0.0695. The Hall–Kier alpha value is -2.24. The number of carboxylic acids is 1. The van der Waals surface area contributed by atoms with Crippen molar-refractivity contribution in [1.29, 1.82) is 0 Å². The van der Waals surface area contributed by atoms with Crippen molar-refractivity contribution in [3.05, 3.63) is 23.8 Å². The fourth-order valence-corrected chi connectivity index (χ4v) is 2.38. The van der Waals surface area contributed by atoms with Gasteiger partial charge in [-0.15, -0.1) is 0 Å². The van der Waals surface area contributed by atoms with Crippen molar-refractivity contribution in [2.75, 3.05) is 19.0 Å². The van der Waals surface area contributed by atoms with E-state index in [2.05, 4.69) is 5.32 Å². The quantitative estimate of drug-likeness (QED) is 0.890. The SMILES string of the molecule is COc1cc(NC(=O)N2CCCC2C)ccc1C(=O)O. The number of hydrogen-bond acceptors (Lipinski definition) is 3. The lowest BCUT2D eigenvalue weighted by Gasteiger charge is -2.22. The minimum Gasteiger partial charge on any atom is -0.496 e. The third kappa shape index (κ3) is 2.84. The molecule has 0 aromatic heterocycles. The van der Waals surface area contributed by atoms with Gasteiger partial charge in [0.2, 0.25) is 0 Å². The Bertz CT molecular complexity index is 530. The summed E-state index contributed by atoms with van der Waals surface area (Å²) in [5.41, 5.74) is 0.594. The molecule has 2 rings (SSSR count). The van der Waals surface area contributed by atoms with Crippen LogP contribution in [0.2, 0.25) is 0 Å². The lowest BCUT2D eigenvalue weighted by Crippen LogP contribution is -2.37. The molecule has 6 nitrogen and oxygen atoms in total. The number of benzene rings is 1. The Labute approximate surface area is 117 Å². The van der Waals surface area contributed by atoms with E-state index < -0.39 is 5.97 Å². The van der Waals surface area contributed by atoms with Gasteiger partial charge in [0.05, 0.1) is 7.11 Å². The first-order valence-electron chi connectivity index (χ1n) is 6.52. The summed E-state index contributed by atoms with van der Waals surface area (Å²) in [6.07, 6.45) is 2.02. The first kappa shape index (κ1) is 14.2. The number of nitrogens with zero attached hydrogens (tertiary/aromatic N) is 1. The second-order valence-electron chi connectivity index (χ2n) is 4.84. The van der Waals surface area contributed by atoms with Crippen LogP contribution in [0.3, 0.4) is 0 Å². The van der Waals surface area contributed by atoms with Crippen molar-refractivity contribution in [2.45, 2.75) is 25.8 Å². The number of rotatable bonds is 3. The number of methoxy groups -OCH3 is 1. The summed E-state index contributed by atoms with van der Waals surface area (Å²) in [6.45, 7) is 2.76. The van der Waals surface area contributed by atoms with E-state index >= 15 is 0 Å². The Morgan fingerprint density at radius 3 is 2.75 bits per heavy atom. The van der Waals surface area contributed by atoms with Crippen molar-refractivity contribution in [2.24, 2.45) is 0 Å². The molecule has 2 N–H and O–H groups in total. The van der Waals surface area contributed by atoms with Crippen molar-refractivity contribution < 1.29 is 19.4 Å². The summed E-state index contributed by atoms with van der Waals surface area (Å²) in [5, 5.41) is 11.8. The van der Waals surface area contributed by atoms with Gasteiger partial charge in [0, 0.05) is 24.3 Å². The van der Waals surface area contributed by atoms with Crippen LogP contribution in [0.15, 0.2) is 18.2 Å². The number of anilines is 1. The number of amides is 2. The molecule has 1 heterocycles. The topological polar surface area (TPSA) is 78.9 Å². The number of hydrogen-bond donors (Lipinski definition) is 2. The molecular weight excluding hydrogens is 260 g/mol. The van der Waals surface area contributed by atoms with Crippen LogP contribution >= 0.6 is 0 Å². The average Bonchev–Trinajstić information content (AvgIpc) is 2.84. The Morgan fingerprint density at radius 2 is 2.20 bits per heavy atom. The molecule has 1 aliphatic rings. The summed E-state index contributed by atoms with van der Waals surface area (Å²) in [6, 6.07) is 4.56. The van der Waals surface area contributed by atoms with Gasteiger partial charge in [-0.3, -0.25) is 0 Å². The van der Waals surface area contributed by atoms with Crippen LogP contribution in [0, 0.1) is 0 Å². The zero-order chi connectivity index (χ0) is 14.7. The Kier molecular flexibility index (Phi) is 4.12. The molecule has 1 fully saturated rings. The van der Waals surface area contributed by atoms with Gasteiger partial charge >= 0.3 is 12.0 Å². The van der Waals surface area contributed by atoms with Crippen LogP contribution in [0.1, 0.15) is 30.1 Å². The predicted octanol–water partition coefficient (Wildman–Crippen LogP) is 2.41. The number of likely N-dealkylation sites (tertiary alicyclic amines) is 1. The molecule has 20 heavy (non-hydrogen) atoms. The summed E-state index contributed by atoms with van der Waals surface area (Å²) in [4.78, 5) is 24.9. The molecule has 0 saturated carbocycles. The van der Waals surface area contributed by atoms with Crippen molar-refractivity contribution in [3.63, 3.8) is 0 Å². The second-order valence-corrected chi connectivity index (χ2v) is 4.84. The average molecular weight is 278 g/mol. The van der Waals surface area contributed by atoms with Gasteiger partial charge in [0.15, 0.2) is 0 Å². The first-order valence-corrected chi connectivity index (χ1v) is 6.52. The number of carboxylic acid groups (broad SMARTS) is 1. The Morgan fingerprint density at radius 1 is 1.45 bits per heavy atom. The fraction of sp³-hybridized carbons (Fsp3) is 0.429. The lowest BCUT2D eigenvalue weighted by atomic mass is 10.2. The largest absolute Gasteiger partial charge is 0.496 e. The maximum Gasteiger partial charge on any atom is 0.339 e. The molecule has 108 valence electrons. The van der Waals surface area contributed by atoms with Gasteiger partial charge in [-0.1, -0.05) is 0 Å². The third-order valence-electron chi connectivity index (χ3n) is 3.50. The number of urea groups is 1. The van der Waals surface area contributed by atoms with Crippen LogP contribution < -0.4 is 10.1 Å². The number of carbonyl (C=O) groups is 2. The summed E-state index contributed by atoms with van der Waals surface area (Å²) < 4.78 is 5.03. The molecule has 1 atom stereocenters. The summed E-state index contributed by atoms with van der Waals surface area (Å²) in [5.74, 6) is -0.835. The smallest absolute Gasteiger partial charge is 0.339 e. The standard InChI is InChI=1S/C14H18N2O4/c1-9-4-3-7-16(9)14(19)15-10-5-6-11(13(17)18)12(8-10)20-2/h5-6,8-9H,3-4,7H2,1-2H3,(H,15,19)(H,17,18). The van der Waals surface area contributed by atoms with E-state index in [1.807, 2.05) is 6.92 Å². The van der Waals surface area contributed by atoms with Crippen molar-refractivity contribution in [3.8, 4) is 5.75 Å². The number of nitrogens with one attached hydrogen (secondary N) is 1. The van der Waals surface area contributed by atoms with E-state index in [1.165, 1.54) is 19.2 Å². The maximum absolute atomic E-state index is 12.1. The number of carbonyl (C=O) groups excluding carboxylic acids is 1. The monoisotopic (exact) mass is 278 g/mol. The molecule has 1 aromatic carbocycles. The van der Waals surface area contributed by atoms with E-state index in [0.717, 1.165) is 19.4 Å². The van der Waals surface area contributed by atoms with Gasteiger partial charge in [0.25, 0.3) is 0 Å². The van der Waals surface area contributed by atoms with E-state index in [1.54, 1.807) is 11.0 Å². The van der Waals surface area contributed by atoms with Gasteiger partial charge in [-0.25, -0.2) is 9.59 Å². The highest BCUT2D eigenvalue weighted by atomic mass is 16.5. The van der Waals surface area contributed by atoms with Crippen molar-refractivity contribution in [1.82, 2.24) is 4.90 Å². The van der Waals surface area contributed by atoms with Crippen LogP contribution in [0.5, 0.6) is 5.75 Å². The van der Waals surface area contributed by atoms with Crippen LogP contribution in [-0.2, 0) is 0 Å². The molecule has 0 aliphatic carbocycles. The molecule has 0 radical (unpaired) electrons. The van der Waals surface area contributed by atoms with Gasteiger partial charge in [0.1, 0.15) is 11.3 Å². The van der Waals surface area contributed by atoms with E-state index in [4.69, 9.17) is 9.84 Å². The third-order valence-corrected chi connectivity index (χ3v) is 3.50. The second kappa shape index (κ2) is 5.81. The van der Waals surface area contributed by atoms with E-state index in [0.29, 0.717) is 5.69 Å². The van der Waals surface area contributed by atoms with Gasteiger partial charge < -0.3 is 20.1 Å². The summed E-state index contributed by atoms with van der Waals surface area (Å²) in [7, 11) is 1.40. The maximum atomic E-state index is 12.1. The normalized spacial score (nSPS) is 17.9. The zero-order valence-corrected chi connectivity index (χ0v) is 11.5.